The standard InChI is InChI=1S/C24H14BrN3O5/c25-13-4-6-14(7-5-13)26-22-17-2-1-3-18-21(17)19(12-20(22)28(32)33)24(31)27(23(18)30)15-8-10-16(29)11-9-15/h1-12,26,29H. The van der Waals surface area contributed by atoms with Crippen LogP contribution in [0.1, 0.15) is 20.7 Å². The zero-order valence-corrected chi connectivity index (χ0v) is 18.4. The van der Waals surface area contributed by atoms with E-state index in [2.05, 4.69) is 21.2 Å². The number of nitrogens with one attached hydrogen (secondary N) is 1. The monoisotopic (exact) mass is 503 g/mol. The Labute approximate surface area is 195 Å². The van der Waals surface area contributed by atoms with Crippen molar-refractivity contribution in [2.24, 2.45) is 0 Å². The average Bonchev–Trinajstić information content (AvgIpc) is 2.80. The molecule has 9 heteroatoms. The maximum absolute atomic E-state index is 13.4. The molecule has 0 fully saturated rings. The summed E-state index contributed by atoms with van der Waals surface area (Å²) in [4.78, 5) is 39.1. The van der Waals surface area contributed by atoms with Crippen molar-refractivity contribution < 1.29 is 19.6 Å². The fourth-order valence-corrected chi connectivity index (χ4v) is 4.20. The van der Waals surface area contributed by atoms with Crippen LogP contribution in [0.5, 0.6) is 5.75 Å². The predicted molar refractivity (Wildman–Crippen MR) is 127 cm³/mol. The summed E-state index contributed by atoms with van der Waals surface area (Å²) in [5, 5.41) is 25.4. The first kappa shape index (κ1) is 20.7. The number of aromatic hydroxyl groups is 1. The summed E-state index contributed by atoms with van der Waals surface area (Å²) >= 11 is 3.36. The van der Waals surface area contributed by atoms with Crippen molar-refractivity contribution in [2.45, 2.75) is 0 Å². The molecule has 0 aliphatic carbocycles. The second-order valence-electron chi connectivity index (χ2n) is 7.40. The van der Waals surface area contributed by atoms with Crippen molar-refractivity contribution in [3.05, 3.63) is 98.5 Å². The lowest BCUT2D eigenvalue weighted by molar-refractivity contribution is -0.383. The highest BCUT2D eigenvalue weighted by Crippen LogP contribution is 2.42. The summed E-state index contributed by atoms with van der Waals surface area (Å²) in [6, 6.07) is 18.8. The van der Waals surface area contributed by atoms with Crippen LogP contribution in [0.25, 0.3) is 10.8 Å². The first-order chi connectivity index (χ1) is 15.8. The largest absolute Gasteiger partial charge is 0.508 e. The molecule has 0 spiro atoms. The van der Waals surface area contributed by atoms with Gasteiger partial charge in [-0.25, -0.2) is 4.90 Å². The van der Waals surface area contributed by atoms with Crippen LogP contribution in [-0.2, 0) is 0 Å². The summed E-state index contributed by atoms with van der Waals surface area (Å²) in [5.74, 6) is -1.24. The van der Waals surface area contributed by atoms with E-state index in [1.807, 2.05) is 0 Å². The summed E-state index contributed by atoms with van der Waals surface area (Å²) in [7, 11) is 0. The second kappa shape index (κ2) is 7.72. The van der Waals surface area contributed by atoms with Gasteiger partial charge in [0, 0.05) is 32.6 Å². The van der Waals surface area contributed by atoms with Gasteiger partial charge in [-0.3, -0.25) is 19.7 Å². The van der Waals surface area contributed by atoms with Crippen LogP contribution in [0.4, 0.5) is 22.7 Å². The van der Waals surface area contributed by atoms with Crippen LogP contribution in [0.15, 0.2) is 77.3 Å². The number of phenols is 1. The van der Waals surface area contributed by atoms with Gasteiger partial charge in [0.25, 0.3) is 17.5 Å². The topological polar surface area (TPSA) is 113 Å². The molecule has 1 aliphatic heterocycles. The van der Waals surface area contributed by atoms with E-state index >= 15 is 0 Å². The van der Waals surface area contributed by atoms with Gasteiger partial charge in [-0.15, -0.1) is 0 Å². The molecule has 8 nitrogen and oxygen atoms in total. The molecule has 0 atom stereocenters. The fraction of sp³-hybridized carbons (Fsp3) is 0. The van der Waals surface area contributed by atoms with Gasteiger partial charge in [0.05, 0.1) is 16.2 Å². The molecule has 0 aromatic heterocycles. The Bertz CT molecular complexity index is 1470. The normalized spacial score (nSPS) is 12.8. The Morgan fingerprint density at radius 1 is 0.909 bits per heavy atom. The maximum atomic E-state index is 13.4. The number of halogens is 1. The molecular weight excluding hydrogens is 490 g/mol. The number of hydrogen-bond acceptors (Lipinski definition) is 6. The number of carbonyl (C=O) groups excluding carboxylic acids is 2. The molecule has 2 N–H and O–H groups in total. The summed E-state index contributed by atoms with van der Waals surface area (Å²) in [6.07, 6.45) is 0. The van der Waals surface area contributed by atoms with Crippen molar-refractivity contribution >= 4 is 61.3 Å². The minimum Gasteiger partial charge on any atom is -0.508 e. The molecule has 0 unspecified atom stereocenters. The molecule has 0 saturated heterocycles. The fourth-order valence-electron chi connectivity index (χ4n) is 3.94. The van der Waals surface area contributed by atoms with Crippen molar-refractivity contribution in [1.29, 1.82) is 0 Å². The molecule has 4 aromatic rings. The highest BCUT2D eigenvalue weighted by molar-refractivity contribution is 9.10. The Hall–Kier alpha value is -4.24. The van der Waals surface area contributed by atoms with Gasteiger partial charge in [0.2, 0.25) is 0 Å². The Morgan fingerprint density at radius 3 is 2.24 bits per heavy atom. The number of hydrogen-bond donors (Lipinski definition) is 2. The summed E-state index contributed by atoms with van der Waals surface area (Å²) < 4.78 is 0.852. The van der Waals surface area contributed by atoms with Gasteiger partial charge in [-0.2, -0.15) is 0 Å². The number of nitro groups is 1. The number of benzene rings is 4. The molecule has 5 rings (SSSR count). The van der Waals surface area contributed by atoms with E-state index in [1.165, 1.54) is 30.3 Å². The zero-order chi connectivity index (χ0) is 23.3. The minimum atomic E-state index is -0.673. The number of anilines is 3. The molecule has 2 amide bonds. The van der Waals surface area contributed by atoms with E-state index in [-0.39, 0.29) is 33.9 Å². The van der Waals surface area contributed by atoms with Crippen LogP contribution in [-0.4, -0.2) is 21.8 Å². The summed E-state index contributed by atoms with van der Waals surface area (Å²) in [5.41, 5.74) is 1.09. The minimum absolute atomic E-state index is 0.0162. The highest BCUT2D eigenvalue weighted by atomic mass is 79.9. The summed E-state index contributed by atoms with van der Waals surface area (Å²) in [6.45, 7) is 0. The van der Waals surface area contributed by atoms with Crippen molar-refractivity contribution in [1.82, 2.24) is 0 Å². The number of rotatable bonds is 4. The van der Waals surface area contributed by atoms with E-state index in [0.717, 1.165) is 9.37 Å². The van der Waals surface area contributed by atoms with Crippen molar-refractivity contribution in [2.75, 3.05) is 10.2 Å². The number of carbonyl (C=O) groups is 2. The third-order valence-corrected chi connectivity index (χ3v) is 5.95. The predicted octanol–water partition coefficient (Wildman–Crippen LogP) is 5.76. The third-order valence-electron chi connectivity index (χ3n) is 5.43. The van der Waals surface area contributed by atoms with Crippen LogP contribution < -0.4 is 10.2 Å². The number of nitro benzene ring substituents is 1. The lowest BCUT2D eigenvalue weighted by atomic mass is 9.91. The Morgan fingerprint density at radius 2 is 1.58 bits per heavy atom. The number of phenolic OH excluding ortho intramolecular Hbond substituents is 1. The van der Waals surface area contributed by atoms with Gasteiger partial charge >= 0.3 is 0 Å². The maximum Gasteiger partial charge on any atom is 0.294 e. The van der Waals surface area contributed by atoms with Gasteiger partial charge in [-0.05, 0) is 54.6 Å². The van der Waals surface area contributed by atoms with Gasteiger partial charge in [0.1, 0.15) is 11.4 Å². The SMILES string of the molecule is O=C1c2cccc3c(Nc4ccc(Br)cc4)c([N+](=O)[O-])cc(c23)C(=O)N1c1ccc(O)cc1. The Kier molecular flexibility index (Phi) is 4.83. The van der Waals surface area contributed by atoms with E-state index in [9.17, 15) is 24.8 Å². The number of imide groups is 1. The molecule has 33 heavy (non-hydrogen) atoms. The van der Waals surface area contributed by atoms with Crippen LogP contribution in [0, 0.1) is 10.1 Å². The lowest BCUT2D eigenvalue weighted by Crippen LogP contribution is -2.40. The first-order valence-electron chi connectivity index (χ1n) is 9.79. The average molecular weight is 504 g/mol. The smallest absolute Gasteiger partial charge is 0.294 e. The molecule has 0 bridgehead atoms. The van der Waals surface area contributed by atoms with Gasteiger partial charge in [-0.1, -0.05) is 28.1 Å². The van der Waals surface area contributed by atoms with E-state index in [1.54, 1.807) is 42.5 Å². The molecule has 0 saturated carbocycles. The molecule has 0 radical (unpaired) electrons. The molecule has 162 valence electrons. The van der Waals surface area contributed by atoms with Gasteiger partial charge < -0.3 is 10.4 Å². The third kappa shape index (κ3) is 3.39. The molecule has 4 aromatic carbocycles. The quantitative estimate of drug-likeness (QED) is 0.208. The zero-order valence-electron chi connectivity index (χ0n) is 16.8. The van der Waals surface area contributed by atoms with Crippen molar-refractivity contribution in [3.8, 4) is 5.75 Å². The lowest BCUT2D eigenvalue weighted by Gasteiger charge is -2.28. The van der Waals surface area contributed by atoms with Crippen LogP contribution in [0.3, 0.4) is 0 Å². The van der Waals surface area contributed by atoms with E-state index in [0.29, 0.717) is 16.5 Å². The molecule has 1 heterocycles. The van der Waals surface area contributed by atoms with Crippen molar-refractivity contribution in [3.63, 3.8) is 0 Å². The van der Waals surface area contributed by atoms with Crippen LogP contribution in [0.2, 0.25) is 0 Å². The molecule has 1 aliphatic rings. The number of amides is 2. The molecular formula is C24H14BrN3O5. The van der Waals surface area contributed by atoms with Crippen LogP contribution >= 0.6 is 15.9 Å². The van der Waals surface area contributed by atoms with Gasteiger partial charge in [0.15, 0.2) is 0 Å². The number of nitrogens with zero attached hydrogens (tertiary/aromatic N) is 2. The Balaban J connectivity index is 1.74. The van der Waals surface area contributed by atoms with E-state index in [4.69, 9.17) is 0 Å². The first-order valence-corrected chi connectivity index (χ1v) is 10.6. The van der Waals surface area contributed by atoms with E-state index < -0.39 is 16.7 Å². The second-order valence-corrected chi connectivity index (χ2v) is 8.31. The highest BCUT2D eigenvalue weighted by Gasteiger charge is 2.37.